The summed E-state index contributed by atoms with van der Waals surface area (Å²) in [5.41, 5.74) is 0.0434. The maximum absolute atomic E-state index is 13.8. The second-order valence-corrected chi connectivity index (χ2v) is 8.84. The molecule has 40 heavy (non-hydrogen) atoms. The Labute approximate surface area is 226 Å². The van der Waals surface area contributed by atoms with E-state index in [-0.39, 0.29) is 35.8 Å². The lowest BCUT2D eigenvalue weighted by atomic mass is 10.0. The van der Waals surface area contributed by atoms with Crippen molar-refractivity contribution in [3.05, 3.63) is 84.1 Å². The van der Waals surface area contributed by atoms with Crippen LogP contribution in [0.5, 0.6) is 0 Å². The van der Waals surface area contributed by atoms with Gasteiger partial charge in [-0.3, -0.25) is 14.5 Å². The van der Waals surface area contributed by atoms with E-state index >= 15 is 0 Å². The van der Waals surface area contributed by atoms with Gasteiger partial charge in [-0.2, -0.15) is 13.2 Å². The third kappa shape index (κ3) is 5.13. The number of carbonyl (C=O) groups is 2. The van der Waals surface area contributed by atoms with Crippen molar-refractivity contribution >= 4 is 46.3 Å². The number of aromatic nitrogens is 4. The van der Waals surface area contributed by atoms with Gasteiger partial charge in [0, 0.05) is 43.5 Å². The third-order valence-corrected chi connectivity index (χ3v) is 6.43. The number of nitrogens with one attached hydrogen (secondary N) is 2. The van der Waals surface area contributed by atoms with Gasteiger partial charge in [0.1, 0.15) is 30.1 Å². The summed E-state index contributed by atoms with van der Waals surface area (Å²) in [6.07, 6.45) is -0.190. The van der Waals surface area contributed by atoms with Crippen molar-refractivity contribution in [3.63, 3.8) is 0 Å². The molecule has 2 aromatic heterocycles. The second kappa shape index (κ2) is 10.6. The molecule has 13 heteroatoms. The molecule has 0 atom stereocenters. The van der Waals surface area contributed by atoms with Crippen molar-refractivity contribution in [2.45, 2.75) is 19.5 Å². The Hall–Kier alpha value is -5.07. The van der Waals surface area contributed by atoms with E-state index in [1.54, 1.807) is 55.4 Å². The number of β-lactam (4-membered cyclic amide) rings is 1. The number of rotatable bonds is 7. The van der Waals surface area contributed by atoms with Crippen LogP contribution < -0.4 is 20.4 Å². The highest BCUT2D eigenvalue weighted by Crippen LogP contribution is 2.40. The zero-order valence-electron chi connectivity index (χ0n) is 21.4. The Bertz CT molecular complexity index is 1580. The number of hydrogen-bond acceptors (Lipinski definition) is 8. The Balaban J connectivity index is 1.51. The molecule has 5 rings (SSSR count). The molecule has 2 N–H and O–H groups in total. The Kier molecular flexibility index (Phi) is 7.03. The molecule has 3 heterocycles. The molecule has 204 valence electrons. The molecule has 0 aliphatic carbocycles. The van der Waals surface area contributed by atoms with Gasteiger partial charge in [-0.25, -0.2) is 19.9 Å². The van der Waals surface area contributed by atoms with Crippen molar-refractivity contribution in [1.82, 2.24) is 19.9 Å². The maximum Gasteiger partial charge on any atom is 0.418 e. The van der Waals surface area contributed by atoms with Crippen LogP contribution in [-0.4, -0.2) is 45.3 Å². The van der Waals surface area contributed by atoms with Crippen LogP contribution in [0.1, 0.15) is 27.9 Å². The van der Waals surface area contributed by atoms with Gasteiger partial charge in [-0.1, -0.05) is 6.07 Å². The maximum atomic E-state index is 13.8. The van der Waals surface area contributed by atoms with E-state index in [0.29, 0.717) is 28.7 Å². The summed E-state index contributed by atoms with van der Waals surface area (Å²) in [6.45, 7) is 1.93. The topological polar surface area (TPSA) is 116 Å². The van der Waals surface area contributed by atoms with Gasteiger partial charge in [0.05, 0.1) is 16.9 Å². The van der Waals surface area contributed by atoms with Gasteiger partial charge in [-0.05, 0) is 48.9 Å². The molecule has 1 saturated heterocycles. The Morgan fingerprint density at radius 3 is 2.48 bits per heavy atom. The third-order valence-electron chi connectivity index (χ3n) is 6.43. The van der Waals surface area contributed by atoms with Crippen LogP contribution in [0, 0.1) is 6.92 Å². The number of anilines is 6. The minimum absolute atomic E-state index is 0.0547. The fourth-order valence-electron chi connectivity index (χ4n) is 4.34. The van der Waals surface area contributed by atoms with E-state index in [9.17, 15) is 22.8 Å². The Morgan fingerprint density at radius 1 is 1.02 bits per heavy atom. The van der Waals surface area contributed by atoms with E-state index in [1.165, 1.54) is 24.8 Å². The molecule has 0 saturated carbocycles. The van der Waals surface area contributed by atoms with E-state index in [2.05, 4.69) is 30.6 Å². The summed E-state index contributed by atoms with van der Waals surface area (Å²) in [6, 6.07) is 11.8. The lowest BCUT2D eigenvalue weighted by Crippen LogP contribution is -2.44. The lowest BCUT2D eigenvalue weighted by molar-refractivity contribution is -0.137. The number of amides is 2. The first-order valence-corrected chi connectivity index (χ1v) is 12.2. The highest BCUT2D eigenvalue weighted by molar-refractivity contribution is 6.07. The Morgan fingerprint density at radius 2 is 1.82 bits per heavy atom. The smallest absolute Gasteiger partial charge is 0.373 e. The molecule has 0 unspecified atom stereocenters. The van der Waals surface area contributed by atoms with Crippen LogP contribution >= 0.6 is 0 Å². The first-order valence-electron chi connectivity index (χ1n) is 12.2. The minimum atomic E-state index is -4.72. The molecule has 1 aliphatic heterocycles. The van der Waals surface area contributed by atoms with Crippen LogP contribution in [0.2, 0.25) is 0 Å². The van der Waals surface area contributed by atoms with Crippen LogP contribution in [0.4, 0.5) is 47.7 Å². The van der Waals surface area contributed by atoms with Gasteiger partial charge < -0.3 is 15.5 Å². The van der Waals surface area contributed by atoms with Gasteiger partial charge in [-0.15, -0.1) is 0 Å². The van der Waals surface area contributed by atoms with Gasteiger partial charge in [0.2, 0.25) is 5.91 Å². The molecule has 2 amide bonds. The van der Waals surface area contributed by atoms with E-state index < -0.39 is 17.6 Å². The van der Waals surface area contributed by atoms with Crippen molar-refractivity contribution in [3.8, 4) is 0 Å². The largest absolute Gasteiger partial charge is 0.418 e. The first-order chi connectivity index (χ1) is 19.2. The van der Waals surface area contributed by atoms with Gasteiger partial charge in [0.15, 0.2) is 0 Å². The zero-order chi connectivity index (χ0) is 28.4. The average Bonchev–Trinajstić information content (AvgIpc) is 2.94. The molecule has 1 aliphatic rings. The van der Waals surface area contributed by atoms with Crippen LogP contribution in [0.15, 0.2) is 67.4 Å². The number of carbonyl (C=O) groups excluding carboxylic acids is 2. The quantitative estimate of drug-likeness (QED) is 0.307. The number of halogens is 3. The number of alkyl halides is 3. The summed E-state index contributed by atoms with van der Waals surface area (Å²) in [4.78, 5) is 44.8. The van der Waals surface area contributed by atoms with Crippen molar-refractivity contribution < 1.29 is 22.8 Å². The summed E-state index contributed by atoms with van der Waals surface area (Å²) < 4.78 is 41.5. The molecule has 2 aromatic carbocycles. The van der Waals surface area contributed by atoms with E-state index in [0.717, 1.165) is 11.0 Å². The molecular formula is C27H23F3N8O2. The highest BCUT2D eigenvalue weighted by atomic mass is 19.4. The summed E-state index contributed by atoms with van der Waals surface area (Å²) in [7, 11) is 1.72. The van der Waals surface area contributed by atoms with Crippen LogP contribution in [0.25, 0.3) is 0 Å². The zero-order valence-corrected chi connectivity index (χ0v) is 21.4. The van der Waals surface area contributed by atoms with Crippen molar-refractivity contribution in [2.75, 3.05) is 34.0 Å². The number of benzene rings is 2. The van der Waals surface area contributed by atoms with Gasteiger partial charge >= 0.3 is 6.18 Å². The SMILES string of the molecule is CNc1cc(N(c2ccncn2)c2cccc(C(=O)Nc3ccc(N4CCC4=O)c(C(F)(F)F)c3)c2C)ncn1. The van der Waals surface area contributed by atoms with E-state index in [4.69, 9.17) is 0 Å². The number of nitrogens with zero attached hydrogens (tertiary/aromatic N) is 6. The first kappa shape index (κ1) is 26.5. The second-order valence-electron chi connectivity index (χ2n) is 8.84. The monoisotopic (exact) mass is 548 g/mol. The molecule has 10 nitrogen and oxygen atoms in total. The summed E-state index contributed by atoms with van der Waals surface area (Å²) >= 11 is 0. The minimum Gasteiger partial charge on any atom is -0.373 e. The molecule has 1 fully saturated rings. The summed E-state index contributed by atoms with van der Waals surface area (Å²) in [5, 5.41) is 5.52. The standard InChI is InChI=1S/C27H23F3N8O2/c1-16-18(26(40)36-17-6-7-21(37-11-9-25(37)39)19(12-17)27(28,29)30)4-3-5-20(16)38(23-8-10-32-14-34-23)24-13-22(31-2)33-15-35-24/h3-8,10,12-15H,9,11H2,1-2H3,(H,36,40)(H,31,33,35). The predicted molar refractivity (Wildman–Crippen MR) is 143 cm³/mol. The molecular weight excluding hydrogens is 525 g/mol. The van der Waals surface area contributed by atoms with Gasteiger partial charge in [0.25, 0.3) is 5.91 Å². The summed E-state index contributed by atoms with van der Waals surface area (Å²) in [5.74, 6) is 0.501. The average molecular weight is 549 g/mol. The van der Waals surface area contributed by atoms with Crippen molar-refractivity contribution in [2.24, 2.45) is 0 Å². The molecule has 0 radical (unpaired) electrons. The van der Waals surface area contributed by atoms with E-state index in [1.807, 2.05) is 0 Å². The fraction of sp³-hybridized carbons (Fsp3) is 0.185. The van der Waals surface area contributed by atoms with Crippen molar-refractivity contribution in [1.29, 1.82) is 0 Å². The number of hydrogen-bond donors (Lipinski definition) is 2. The lowest BCUT2D eigenvalue weighted by Gasteiger charge is -2.33. The highest BCUT2D eigenvalue weighted by Gasteiger charge is 2.38. The normalized spacial score (nSPS) is 13.0. The fourth-order valence-corrected chi connectivity index (χ4v) is 4.34. The van der Waals surface area contributed by atoms with Crippen LogP contribution in [0.3, 0.4) is 0 Å². The molecule has 0 spiro atoms. The molecule has 0 bridgehead atoms. The van der Waals surface area contributed by atoms with Crippen LogP contribution in [-0.2, 0) is 11.0 Å². The predicted octanol–water partition coefficient (Wildman–Crippen LogP) is 5.09. The molecule has 4 aromatic rings.